The van der Waals surface area contributed by atoms with Crippen LogP contribution in [0.1, 0.15) is 0 Å². The van der Waals surface area contributed by atoms with Gasteiger partial charge < -0.3 is 20.1 Å². The molecule has 22 heavy (non-hydrogen) atoms. The lowest BCUT2D eigenvalue weighted by molar-refractivity contribution is 0.247. The van der Waals surface area contributed by atoms with Crippen LogP contribution < -0.4 is 20.1 Å². The smallest absolute Gasteiger partial charge is 0.319 e. The molecule has 0 radical (unpaired) electrons. The summed E-state index contributed by atoms with van der Waals surface area (Å²) in [7, 11) is 1.59. The Kier molecular flexibility index (Phi) is 5.91. The molecule has 0 aliphatic carbocycles. The van der Waals surface area contributed by atoms with E-state index < -0.39 is 0 Å². The number of methoxy groups -OCH3 is 1. The minimum atomic E-state index is -0.298. The molecule has 5 nitrogen and oxygen atoms in total. The molecule has 0 aliphatic rings. The minimum Gasteiger partial charge on any atom is -0.497 e. The fourth-order valence-electron chi connectivity index (χ4n) is 1.74. The van der Waals surface area contributed by atoms with E-state index in [4.69, 9.17) is 21.1 Å². The van der Waals surface area contributed by atoms with E-state index in [1.165, 1.54) is 0 Å². The molecule has 0 fully saturated rings. The number of para-hydroxylation sites is 1. The number of carbonyl (C=O) groups is 1. The van der Waals surface area contributed by atoms with Gasteiger partial charge in [-0.1, -0.05) is 23.7 Å². The Bertz CT molecular complexity index is 617. The third kappa shape index (κ3) is 4.86. The zero-order valence-corrected chi connectivity index (χ0v) is 12.9. The summed E-state index contributed by atoms with van der Waals surface area (Å²) in [5.41, 5.74) is 0.685. The van der Waals surface area contributed by atoms with E-state index in [-0.39, 0.29) is 6.03 Å². The summed E-state index contributed by atoms with van der Waals surface area (Å²) in [6.07, 6.45) is 0. The Morgan fingerprint density at radius 2 is 1.86 bits per heavy atom. The zero-order valence-electron chi connectivity index (χ0n) is 12.1. The molecule has 0 heterocycles. The van der Waals surface area contributed by atoms with Gasteiger partial charge in [0.1, 0.15) is 18.1 Å². The molecule has 0 saturated heterocycles. The maximum absolute atomic E-state index is 11.7. The van der Waals surface area contributed by atoms with Gasteiger partial charge in [0.2, 0.25) is 0 Å². The lowest BCUT2D eigenvalue weighted by Crippen LogP contribution is -2.32. The van der Waals surface area contributed by atoms with Crippen LogP contribution in [-0.4, -0.2) is 26.3 Å². The van der Waals surface area contributed by atoms with Crippen molar-refractivity contribution in [3.05, 3.63) is 53.6 Å². The molecule has 116 valence electrons. The number of hydrogen-bond acceptors (Lipinski definition) is 3. The minimum absolute atomic E-state index is 0.298. The van der Waals surface area contributed by atoms with Crippen LogP contribution in [0.2, 0.25) is 5.02 Å². The summed E-state index contributed by atoms with van der Waals surface area (Å²) in [6.45, 7) is 0.701. The van der Waals surface area contributed by atoms with E-state index in [2.05, 4.69) is 10.6 Å². The van der Waals surface area contributed by atoms with Crippen LogP contribution in [0.15, 0.2) is 48.5 Å². The maximum atomic E-state index is 11.7. The SMILES string of the molecule is COc1ccc(NC(=O)NCCOc2ccccc2Cl)cc1. The van der Waals surface area contributed by atoms with E-state index in [9.17, 15) is 4.79 Å². The molecule has 0 unspecified atom stereocenters. The summed E-state index contributed by atoms with van der Waals surface area (Å²) < 4.78 is 10.5. The Morgan fingerprint density at radius 3 is 2.55 bits per heavy atom. The van der Waals surface area contributed by atoms with Crippen LogP contribution >= 0.6 is 11.6 Å². The monoisotopic (exact) mass is 320 g/mol. The van der Waals surface area contributed by atoms with Gasteiger partial charge in [-0.3, -0.25) is 0 Å². The second-order valence-electron chi connectivity index (χ2n) is 4.39. The average Bonchev–Trinajstić information content (AvgIpc) is 2.54. The normalized spacial score (nSPS) is 9.91. The van der Waals surface area contributed by atoms with Crippen molar-refractivity contribution in [2.75, 3.05) is 25.6 Å². The van der Waals surface area contributed by atoms with Crippen LogP contribution in [0.5, 0.6) is 11.5 Å². The van der Waals surface area contributed by atoms with Gasteiger partial charge in [0.15, 0.2) is 0 Å². The highest BCUT2D eigenvalue weighted by Gasteiger charge is 2.03. The molecular weight excluding hydrogens is 304 g/mol. The predicted octanol–water partition coefficient (Wildman–Crippen LogP) is 3.55. The molecular formula is C16H17ClN2O3. The summed E-state index contributed by atoms with van der Waals surface area (Å²) in [6, 6.07) is 14.0. The van der Waals surface area contributed by atoms with Gasteiger partial charge in [-0.05, 0) is 36.4 Å². The number of nitrogens with one attached hydrogen (secondary N) is 2. The number of halogens is 1. The summed E-state index contributed by atoms with van der Waals surface area (Å²) in [4.78, 5) is 11.7. The molecule has 0 spiro atoms. The molecule has 2 rings (SSSR count). The number of benzene rings is 2. The zero-order chi connectivity index (χ0) is 15.8. The second kappa shape index (κ2) is 8.14. The third-order valence-electron chi connectivity index (χ3n) is 2.83. The van der Waals surface area contributed by atoms with Crippen molar-refractivity contribution >= 4 is 23.3 Å². The van der Waals surface area contributed by atoms with Crippen LogP contribution in [0.25, 0.3) is 0 Å². The Morgan fingerprint density at radius 1 is 1.14 bits per heavy atom. The summed E-state index contributed by atoms with van der Waals surface area (Å²) >= 11 is 5.96. The van der Waals surface area contributed by atoms with Crippen LogP contribution in [0, 0.1) is 0 Å². The topological polar surface area (TPSA) is 59.6 Å². The highest BCUT2D eigenvalue weighted by atomic mass is 35.5. The van der Waals surface area contributed by atoms with Crippen molar-refractivity contribution in [2.24, 2.45) is 0 Å². The van der Waals surface area contributed by atoms with Crippen molar-refractivity contribution in [1.82, 2.24) is 5.32 Å². The van der Waals surface area contributed by atoms with Gasteiger partial charge >= 0.3 is 6.03 Å². The summed E-state index contributed by atoms with van der Waals surface area (Å²) in [5, 5.41) is 5.96. The second-order valence-corrected chi connectivity index (χ2v) is 4.80. The summed E-state index contributed by atoms with van der Waals surface area (Å²) in [5.74, 6) is 1.33. The van der Waals surface area contributed by atoms with Gasteiger partial charge in [-0.15, -0.1) is 0 Å². The molecule has 6 heteroatoms. The van der Waals surface area contributed by atoms with E-state index in [0.29, 0.717) is 29.6 Å². The van der Waals surface area contributed by atoms with E-state index >= 15 is 0 Å². The number of anilines is 1. The number of urea groups is 1. The van der Waals surface area contributed by atoms with Crippen LogP contribution in [0.4, 0.5) is 10.5 Å². The van der Waals surface area contributed by atoms with Gasteiger partial charge in [0, 0.05) is 5.69 Å². The molecule has 0 atom stereocenters. The molecule has 0 aliphatic heterocycles. The molecule has 2 N–H and O–H groups in total. The van der Waals surface area contributed by atoms with Gasteiger partial charge in [-0.2, -0.15) is 0 Å². The molecule has 0 saturated carbocycles. The number of ether oxygens (including phenoxy) is 2. The molecule has 2 aromatic carbocycles. The van der Waals surface area contributed by atoms with Crippen molar-refractivity contribution < 1.29 is 14.3 Å². The molecule has 2 amide bonds. The first-order chi connectivity index (χ1) is 10.7. The van der Waals surface area contributed by atoms with Crippen molar-refractivity contribution in [3.63, 3.8) is 0 Å². The third-order valence-corrected chi connectivity index (χ3v) is 3.14. The first-order valence-electron chi connectivity index (χ1n) is 6.75. The van der Waals surface area contributed by atoms with Crippen molar-refractivity contribution in [3.8, 4) is 11.5 Å². The Balaban J connectivity index is 1.70. The van der Waals surface area contributed by atoms with Crippen LogP contribution in [-0.2, 0) is 0 Å². The lowest BCUT2D eigenvalue weighted by atomic mass is 10.3. The predicted molar refractivity (Wildman–Crippen MR) is 87.0 cm³/mol. The number of carbonyl (C=O) groups excluding carboxylic acids is 1. The molecule has 0 bridgehead atoms. The van der Waals surface area contributed by atoms with E-state index in [1.807, 2.05) is 12.1 Å². The number of amides is 2. The maximum Gasteiger partial charge on any atom is 0.319 e. The van der Waals surface area contributed by atoms with E-state index in [0.717, 1.165) is 5.75 Å². The molecule has 2 aromatic rings. The number of hydrogen-bond donors (Lipinski definition) is 2. The van der Waals surface area contributed by atoms with Crippen LogP contribution in [0.3, 0.4) is 0 Å². The highest BCUT2D eigenvalue weighted by Crippen LogP contribution is 2.22. The Labute approximate surface area is 134 Å². The van der Waals surface area contributed by atoms with Crippen molar-refractivity contribution in [1.29, 1.82) is 0 Å². The highest BCUT2D eigenvalue weighted by molar-refractivity contribution is 6.32. The standard InChI is InChI=1S/C16H17ClN2O3/c1-21-13-8-6-12(7-9-13)19-16(20)18-10-11-22-15-5-3-2-4-14(15)17/h2-9H,10-11H2,1H3,(H2,18,19,20). The average molecular weight is 321 g/mol. The largest absolute Gasteiger partial charge is 0.497 e. The van der Waals surface area contributed by atoms with Gasteiger partial charge in [0.05, 0.1) is 18.7 Å². The quantitative estimate of drug-likeness (QED) is 0.800. The Hall–Kier alpha value is -2.40. The van der Waals surface area contributed by atoms with Crippen molar-refractivity contribution in [2.45, 2.75) is 0 Å². The first kappa shape index (κ1) is 16.0. The number of rotatable bonds is 6. The fourth-order valence-corrected chi connectivity index (χ4v) is 1.93. The fraction of sp³-hybridized carbons (Fsp3) is 0.188. The molecule has 0 aromatic heterocycles. The van der Waals surface area contributed by atoms with Gasteiger partial charge in [0.25, 0.3) is 0 Å². The lowest BCUT2D eigenvalue weighted by Gasteiger charge is -2.10. The first-order valence-corrected chi connectivity index (χ1v) is 7.13. The van der Waals surface area contributed by atoms with Gasteiger partial charge in [-0.25, -0.2) is 4.79 Å². The van der Waals surface area contributed by atoms with E-state index in [1.54, 1.807) is 43.5 Å².